The Morgan fingerprint density at radius 2 is 1.87 bits per heavy atom. The number of alkyl carbamates (subject to hydrolysis) is 1. The van der Waals surface area contributed by atoms with Crippen LogP contribution in [0.25, 0.3) is 0 Å². The second-order valence-corrected chi connectivity index (χ2v) is 10.1. The number of hydrogen-bond acceptors (Lipinski definition) is 6. The van der Waals surface area contributed by atoms with Crippen molar-refractivity contribution >= 4 is 29.5 Å². The van der Waals surface area contributed by atoms with E-state index < -0.39 is 23.8 Å². The molecule has 1 heterocycles. The van der Waals surface area contributed by atoms with Gasteiger partial charge in [-0.25, -0.2) is 4.79 Å². The minimum Gasteiger partial charge on any atom is -0.468 e. The predicted octanol–water partition coefficient (Wildman–Crippen LogP) is 4.70. The highest BCUT2D eigenvalue weighted by Crippen LogP contribution is 2.15. The largest absolute Gasteiger partial charge is 0.468 e. The molecule has 0 aromatic carbocycles. The molecule has 1 aromatic rings. The number of Topliss-reactive ketones (excluding diaryl/α,β-unsaturated/α-hetero) is 1. The fourth-order valence-electron chi connectivity index (χ4n) is 2.89. The van der Waals surface area contributed by atoms with Crippen molar-refractivity contribution in [3.8, 4) is 0 Å². The van der Waals surface area contributed by atoms with Gasteiger partial charge in [-0.1, -0.05) is 33.6 Å². The highest BCUT2D eigenvalue weighted by atomic mass is 32.2. The Morgan fingerprint density at radius 3 is 2.42 bits per heavy atom. The van der Waals surface area contributed by atoms with E-state index in [1.807, 2.05) is 32.9 Å². The van der Waals surface area contributed by atoms with E-state index in [1.54, 1.807) is 27.0 Å². The molecule has 0 aliphatic heterocycles. The van der Waals surface area contributed by atoms with Gasteiger partial charge in [0.2, 0.25) is 5.91 Å². The molecular weight excluding hydrogens is 416 g/mol. The highest BCUT2D eigenvalue weighted by Gasteiger charge is 2.28. The molecule has 0 spiro atoms. The third-order valence-electron chi connectivity index (χ3n) is 4.33. The molecule has 0 aliphatic rings. The topological polar surface area (TPSA) is 97.6 Å². The molecule has 8 heteroatoms. The zero-order chi connectivity index (χ0) is 23.4. The van der Waals surface area contributed by atoms with Crippen molar-refractivity contribution in [2.75, 3.05) is 5.75 Å². The molecule has 0 fully saturated rings. The summed E-state index contributed by atoms with van der Waals surface area (Å²) in [6.07, 6.45) is 3.74. The summed E-state index contributed by atoms with van der Waals surface area (Å²) < 4.78 is 10.6. The van der Waals surface area contributed by atoms with Crippen LogP contribution in [0.2, 0.25) is 0 Å². The minimum atomic E-state index is -0.762. The Balaban J connectivity index is 2.74. The smallest absolute Gasteiger partial charge is 0.408 e. The van der Waals surface area contributed by atoms with E-state index in [0.717, 1.165) is 18.6 Å². The number of amides is 2. The van der Waals surface area contributed by atoms with Crippen LogP contribution < -0.4 is 10.6 Å². The number of ether oxygens (including phenoxy) is 1. The van der Waals surface area contributed by atoms with Gasteiger partial charge < -0.3 is 19.8 Å². The van der Waals surface area contributed by atoms with E-state index in [9.17, 15) is 14.4 Å². The van der Waals surface area contributed by atoms with E-state index in [4.69, 9.17) is 9.15 Å². The van der Waals surface area contributed by atoms with Crippen LogP contribution in [-0.4, -0.2) is 41.2 Å². The van der Waals surface area contributed by atoms with Gasteiger partial charge in [0.05, 0.1) is 23.8 Å². The van der Waals surface area contributed by atoms with Crippen LogP contribution in [0.5, 0.6) is 0 Å². The third-order valence-corrected chi connectivity index (χ3v) is 5.31. The maximum atomic E-state index is 13.0. The molecule has 7 nitrogen and oxygen atoms in total. The van der Waals surface area contributed by atoms with Gasteiger partial charge in [0.15, 0.2) is 5.78 Å². The maximum absolute atomic E-state index is 13.0. The maximum Gasteiger partial charge on any atom is 0.408 e. The van der Waals surface area contributed by atoms with Gasteiger partial charge >= 0.3 is 6.09 Å². The lowest BCUT2D eigenvalue weighted by Crippen LogP contribution is -2.53. The Labute approximate surface area is 190 Å². The standard InChI is InChI=1S/C23H38N2O5S/c1-7-8-11-18(20(26)15-31-14-17-10-9-12-29-17)24-21(27)19(13-16(2)3)25-22(28)30-23(4,5)6/h9-10,12,16,18-19H,7-8,11,13-15H2,1-6H3,(H,24,27)(H,25,28). The molecule has 1 aromatic heterocycles. The number of hydrogen-bond donors (Lipinski definition) is 2. The van der Waals surface area contributed by atoms with Crippen molar-refractivity contribution in [1.29, 1.82) is 0 Å². The fourth-order valence-corrected chi connectivity index (χ4v) is 3.76. The first-order valence-electron chi connectivity index (χ1n) is 10.9. The zero-order valence-electron chi connectivity index (χ0n) is 19.7. The molecule has 2 atom stereocenters. The molecule has 0 saturated heterocycles. The lowest BCUT2D eigenvalue weighted by atomic mass is 10.0. The first kappa shape index (κ1) is 27.1. The molecule has 176 valence electrons. The lowest BCUT2D eigenvalue weighted by molar-refractivity contribution is -0.128. The molecule has 0 radical (unpaired) electrons. The van der Waals surface area contributed by atoms with Crippen LogP contribution in [0, 0.1) is 5.92 Å². The summed E-state index contributed by atoms with van der Waals surface area (Å²) in [5.74, 6) is 1.49. The Hall–Kier alpha value is -1.96. The molecule has 2 amide bonds. The van der Waals surface area contributed by atoms with Crippen molar-refractivity contribution in [2.45, 2.75) is 90.7 Å². The van der Waals surface area contributed by atoms with E-state index in [1.165, 1.54) is 11.8 Å². The number of ketones is 1. The Bertz CT molecular complexity index is 683. The van der Waals surface area contributed by atoms with Crippen molar-refractivity contribution < 1.29 is 23.5 Å². The Morgan fingerprint density at radius 1 is 1.16 bits per heavy atom. The summed E-state index contributed by atoms with van der Waals surface area (Å²) in [6.45, 7) is 11.3. The van der Waals surface area contributed by atoms with Crippen LogP contribution in [0.4, 0.5) is 4.79 Å². The summed E-state index contributed by atoms with van der Waals surface area (Å²) >= 11 is 1.46. The molecular formula is C23H38N2O5S. The summed E-state index contributed by atoms with van der Waals surface area (Å²) in [4.78, 5) is 38.0. The number of furan rings is 1. The molecule has 0 saturated carbocycles. The average Bonchev–Trinajstić information content (AvgIpc) is 3.15. The van der Waals surface area contributed by atoms with Gasteiger partial charge in [-0.2, -0.15) is 0 Å². The molecule has 0 bridgehead atoms. The number of nitrogens with one attached hydrogen (secondary N) is 2. The predicted molar refractivity (Wildman–Crippen MR) is 124 cm³/mol. The van der Waals surface area contributed by atoms with Crippen LogP contribution in [0.3, 0.4) is 0 Å². The number of rotatable bonds is 13. The lowest BCUT2D eigenvalue weighted by Gasteiger charge is -2.26. The molecule has 2 unspecified atom stereocenters. The SMILES string of the molecule is CCCCC(NC(=O)C(CC(C)C)NC(=O)OC(C)(C)C)C(=O)CSCc1ccco1. The van der Waals surface area contributed by atoms with Gasteiger partial charge in [-0.05, 0) is 51.7 Å². The van der Waals surface area contributed by atoms with E-state index in [2.05, 4.69) is 10.6 Å². The minimum absolute atomic E-state index is 0.0288. The van der Waals surface area contributed by atoms with Gasteiger partial charge in [-0.15, -0.1) is 11.8 Å². The number of carbonyl (C=O) groups is 3. The molecule has 2 N–H and O–H groups in total. The van der Waals surface area contributed by atoms with Gasteiger partial charge in [0, 0.05) is 0 Å². The third kappa shape index (κ3) is 11.9. The monoisotopic (exact) mass is 454 g/mol. The normalized spacial score (nSPS) is 13.5. The van der Waals surface area contributed by atoms with E-state index >= 15 is 0 Å². The average molecular weight is 455 g/mol. The van der Waals surface area contributed by atoms with Gasteiger partial charge in [0.1, 0.15) is 17.4 Å². The van der Waals surface area contributed by atoms with Crippen molar-refractivity contribution in [2.24, 2.45) is 5.92 Å². The summed E-state index contributed by atoms with van der Waals surface area (Å²) in [5, 5.41) is 5.54. The van der Waals surface area contributed by atoms with Crippen LogP contribution >= 0.6 is 11.8 Å². The number of unbranched alkanes of at least 4 members (excludes halogenated alkanes) is 1. The van der Waals surface area contributed by atoms with Crippen LogP contribution in [0.1, 0.15) is 73.0 Å². The summed E-state index contributed by atoms with van der Waals surface area (Å²) in [7, 11) is 0. The summed E-state index contributed by atoms with van der Waals surface area (Å²) in [6, 6.07) is 2.34. The van der Waals surface area contributed by atoms with Gasteiger partial charge in [0.25, 0.3) is 0 Å². The quantitative estimate of drug-likeness (QED) is 0.448. The van der Waals surface area contributed by atoms with Gasteiger partial charge in [-0.3, -0.25) is 9.59 Å². The molecule has 31 heavy (non-hydrogen) atoms. The van der Waals surface area contributed by atoms with Crippen LogP contribution in [-0.2, 0) is 20.1 Å². The van der Waals surface area contributed by atoms with Crippen LogP contribution in [0.15, 0.2) is 22.8 Å². The highest BCUT2D eigenvalue weighted by molar-refractivity contribution is 7.99. The number of thioether (sulfide) groups is 1. The molecule has 0 aliphatic carbocycles. The second-order valence-electron chi connectivity index (χ2n) is 9.07. The first-order valence-corrected chi connectivity index (χ1v) is 12.1. The second kappa shape index (κ2) is 13.5. The number of carbonyl (C=O) groups excluding carboxylic acids is 3. The van der Waals surface area contributed by atoms with Crippen molar-refractivity contribution in [3.63, 3.8) is 0 Å². The summed E-state index contributed by atoms with van der Waals surface area (Å²) in [5.41, 5.74) is -0.659. The zero-order valence-corrected chi connectivity index (χ0v) is 20.5. The Kier molecular flexibility index (Phi) is 11.7. The van der Waals surface area contributed by atoms with Crippen molar-refractivity contribution in [3.05, 3.63) is 24.2 Å². The van der Waals surface area contributed by atoms with E-state index in [-0.39, 0.29) is 23.4 Å². The fraction of sp³-hybridized carbons (Fsp3) is 0.696. The van der Waals surface area contributed by atoms with E-state index in [0.29, 0.717) is 18.6 Å². The molecule has 1 rings (SSSR count). The first-order chi connectivity index (χ1) is 14.5. The van der Waals surface area contributed by atoms with Crippen molar-refractivity contribution in [1.82, 2.24) is 10.6 Å².